The van der Waals surface area contributed by atoms with Gasteiger partial charge in [-0.25, -0.2) is 4.79 Å². The van der Waals surface area contributed by atoms with Crippen LogP contribution in [0.2, 0.25) is 15.1 Å². The molecule has 5 rings (SSSR count). The number of halogens is 3. The highest BCUT2D eigenvalue weighted by molar-refractivity contribution is 6.35. The van der Waals surface area contributed by atoms with Crippen molar-refractivity contribution < 1.29 is 14.3 Å². The number of amides is 3. The van der Waals surface area contributed by atoms with Crippen LogP contribution in [-0.4, -0.2) is 110 Å². The summed E-state index contributed by atoms with van der Waals surface area (Å²) >= 11 is 18.9. The van der Waals surface area contributed by atoms with E-state index >= 15 is 0 Å². The number of urea groups is 1. The van der Waals surface area contributed by atoms with Gasteiger partial charge in [0, 0.05) is 60.3 Å². The number of hydrogen-bond donors (Lipinski definition) is 1. The number of likely N-dealkylation sites (tertiary alicyclic amines) is 3. The number of nitrogens with one attached hydrogen (secondary N) is 1. The minimum atomic E-state index is -0.735. The van der Waals surface area contributed by atoms with Crippen LogP contribution in [0.25, 0.3) is 0 Å². The van der Waals surface area contributed by atoms with E-state index in [1.807, 2.05) is 37.2 Å². The van der Waals surface area contributed by atoms with E-state index in [9.17, 15) is 9.59 Å². The molecule has 11 heteroatoms. The second kappa shape index (κ2) is 14.7. The van der Waals surface area contributed by atoms with Gasteiger partial charge in [-0.2, -0.15) is 0 Å². The molecule has 0 aromatic heterocycles. The zero-order valence-electron chi connectivity index (χ0n) is 25.0. The van der Waals surface area contributed by atoms with Gasteiger partial charge in [0.15, 0.2) is 0 Å². The van der Waals surface area contributed by atoms with Crippen LogP contribution in [0.4, 0.5) is 4.79 Å². The summed E-state index contributed by atoms with van der Waals surface area (Å²) < 4.78 is 6.25. The van der Waals surface area contributed by atoms with Crippen molar-refractivity contribution >= 4 is 46.7 Å². The SMILES string of the molecule is CN(C)C1CN(C(=O)N[C@H](Cc2ccc(Cl)cc2Cl)C(=O)N2CCC(c3ccc(Cl)cc3OCCN3CCCC3)CC2)C1. The Labute approximate surface area is 270 Å². The number of nitrogens with zero attached hydrogens (tertiary/aromatic N) is 4. The molecule has 234 valence electrons. The molecule has 0 saturated carbocycles. The molecular formula is C32H42Cl3N5O3. The molecule has 0 bridgehead atoms. The van der Waals surface area contributed by atoms with Crippen molar-refractivity contribution in [2.75, 3.05) is 66.5 Å². The Morgan fingerprint density at radius 3 is 2.30 bits per heavy atom. The van der Waals surface area contributed by atoms with Gasteiger partial charge in [0.25, 0.3) is 0 Å². The van der Waals surface area contributed by atoms with Gasteiger partial charge in [-0.3, -0.25) is 9.69 Å². The average molecular weight is 651 g/mol. The molecule has 1 atom stereocenters. The fraction of sp³-hybridized carbons (Fsp3) is 0.562. The van der Waals surface area contributed by atoms with Gasteiger partial charge in [-0.15, -0.1) is 0 Å². The molecule has 0 unspecified atom stereocenters. The molecule has 0 aliphatic carbocycles. The lowest BCUT2D eigenvalue weighted by Crippen LogP contribution is -2.63. The lowest BCUT2D eigenvalue weighted by molar-refractivity contribution is -0.134. The molecule has 8 nitrogen and oxygen atoms in total. The molecule has 3 aliphatic rings. The van der Waals surface area contributed by atoms with Crippen LogP contribution >= 0.6 is 34.8 Å². The van der Waals surface area contributed by atoms with Crippen molar-refractivity contribution in [2.24, 2.45) is 0 Å². The third-order valence-electron chi connectivity index (χ3n) is 9.00. The minimum Gasteiger partial charge on any atom is -0.492 e. The van der Waals surface area contributed by atoms with E-state index in [-0.39, 0.29) is 24.3 Å². The maximum absolute atomic E-state index is 13.9. The highest BCUT2D eigenvalue weighted by atomic mass is 35.5. The van der Waals surface area contributed by atoms with Gasteiger partial charge in [0.05, 0.1) is 0 Å². The maximum Gasteiger partial charge on any atom is 0.318 e. The summed E-state index contributed by atoms with van der Waals surface area (Å²) in [5.41, 5.74) is 1.91. The van der Waals surface area contributed by atoms with Gasteiger partial charge in [0.2, 0.25) is 5.91 Å². The first-order valence-corrected chi connectivity index (χ1v) is 16.4. The Bertz CT molecular complexity index is 1270. The molecule has 3 amide bonds. The van der Waals surface area contributed by atoms with Crippen LogP contribution in [0.15, 0.2) is 36.4 Å². The average Bonchev–Trinajstić information content (AvgIpc) is 3.46. The molecule has 3 fully saturated rings. The Morgan fingerprint density at radius 2 is 1.63 bits per heavy atom. The Hall–Kier alpha value is -2.23. The van der Waals surface area contributed by atoms with Crippen LogP contribution in [0.1, 0.15) is 42.7 Å². The van der Waals surface area contributed by atoms with Gasteiger partial charge in [-0.1, -0.05) is 46.9 Å². The maximum atomic E-state index is 13.9. The number of benzene rings is 2. The lowest BCUT2D eigenvalue weighted by atomic mass is 9.88. The molecule has 2 aromatic carbocycles. The minimum absolute atomic E-state index is 0.0966. The highest BCUT2D eigenvalue weighted by Gasteiger charge is 2.36. The molecule has 1 N–H and O–H groups in total. The van der Waals surface area contributed by atoms with E-state index in [2.05, 4.69) is 21.2 Å². The Morgan fingerprint density at radius 1 is 0.953 bits per heavy atom. The number of likely N-dealkylation sites (N-methyl/N-ethyl adjacent to an activating group) is 1. The van der Waals surface area contributed by atoms with Crippen molar-refractivity contribution in [3.8, 4) is 5.75 Å². The molecule has 3 heterocycles. The fourth-order valence-corrected chi connectivity index (χ4v) is 6.84. The second-order valence-corrected chi connectivity index (χ2v) is 13.4. The second-order valence-electron chi connectivity index (χ2n) is 12.1. The summed E-state index contributed by atoms with van der Waals surface area (Å²) in [7, 11) is 4.01. The zero-order chi connectivity index (χ0) is 30.5. The van der Waals surface area contributed by atoms with Crippen molar-refractivity contribution in [1.29, 1.82) is 0 Å². The van der Waals surface area contributed by atoms with Crippen LogP contribution in [0.3, 0.4) is 0 Å². The van der Waals surface area contributed by atoms with Crippen molar-refractivity contribution in [1.82, 2.24) is 24.9 Å². The Balaban J connectivity index is 1.22. The topological polar surface area (TPSA) is 68.4 Å². The predicted octanol–water partition coefficient (Wildman–Crippen LogP) is 5.39. The number of ether oxygens (including phenoxy) is 1. The first-order valence-electron chi connectivity index (χ1n) is 15.3. The third-order valence-corrected chi connectivity index (χ3v) is 9.82. The van der Waals surface area contributed by atoms with E-state index in [1.165, 1.54) is 12.8 Å². The van der Waals surface area contributed by atoms with Crippen LogP contribution in [0, 0.1) is 0 Å². The fourth-order valence-electron chi connectivity index (χ4n) is 6.19. The Kier molecular flexibility index (Phi) is 11.0. The number of carbonyl (C=O) groups excluding carboxylic acids is 2. The van der Waals surface area contributed by atoms with E-state index in [1.54, 1.807) is 17.0 Å². The molecule has 3 saturated heterocycles. The van der Waals surface area contributed by atoms with Crippen LogP contribution in [0.5, 0.6) is 5.75 Å². The predicted molar refractivity (Wildman–Crippen MR) is 173 cm³/mol. The summed E-state index contributed by atoms with van der Waals surface area (Å²) in [6, 6.07) is 10.5. The van der Waals surface area contributed by atoms with Crippen molar-refractivity contribution in [2.45, 2.75) is 50.1 Å². The van der Waals surface area contributed by atoms with Crippen molar-refractivity contribution in [3.63, 3.8) is 0 Å². The van der Waals surface area contributed by atoms with Crippen LogP contribution in [-0.2, 0) is 11.2 Å². The summed E-state index contributed by atoms with van der Waals surface area (Å²) in [4.78, 5) is 35.2. The molecule has 3 aliphatic heterocycles. The highest BCUT2D eigenvalue weighted by Crippen LogP contribution is 2.36. The summed E-state index contributed by atoms with van der Waals surface area (Å²) in [5, 5.41) is 4.68. The van der Waals surface area contributed by atoms with Gasteiger partial charge < -0.3 is 24.8 Å². The smallest absolute Gasteiger partial charge is 0.318 e. The third kappa shape index (κ3) is 8.28. The van der Waals surface area contributed by atoms with Crippen molar-refractivity contribution in [3.05, 3.63) is 62.6 Å². The molecular weight excluding hydrogens is 609 g/mol. The monoisotopic (exact) mass is 649 g/mol. The van der Waals surface area contributed by atoms with E-state index in [0.717, 1.165) is 49.4 Å². The quantitative estimate of drug-likeness (QED) is 0.374. The first-order chi connectivity index (χ1) is 20.7. The van der Waals surface area contributed by atoms with E-state index in [4.69, 9.17) is 39.5 Å². The summed E-state index contributed by atoms with van der Waals surface area (Å²) in [6.07, 6.45) is 4.40. The summed E-state index contributed by atoms with van der Waals surface area (Å²) in [5.74, 6) is 0.996. The van der Waals surface area contributed by atoms with Crippen LogP contribution < -0.4 is 10.1 Å². The molecule has 0 spiro atoms. The normalized spacial score (nSPS) is 19.0. The largest absolute Gasteiger partial charge is 0.492 e. The molecule has 0 radical (unpaired) electrons. The van der Waals surface area contributed by atoms with E-state index < -0.39 is 6.04 Å². The number of carbonyl (C=O) groups is 2. The van der Waals surface area contributed by atoms with Gasteiger partial charge in [-0.05, 0) is 94.2 Å². The molecule has 43 heavy (non-hydrogen) atoms. The van der Waals surface area contributed by atoms with E-state index in [0.29, 0.717) is 53.9 Å². The number of piperidine rings is 1. The summed E-state index contributed by atoms with van der Waals surface area (Å²) in [6.45, 7) is 6.27. The first kappa shape index (κ1) is 32.2. The number of rotatable bonds is 10. The lowest BCUT2D eigenvalue weighted by Gasteiger charge is -2.43. The van der Waals surface area contributed by atoms with Gasteiger partial charge in [0.1, 0.15) is 18.4 Å². The standard InChI is InChI=1S/C32H42Cl3N5O3/c1-37(2)26-20-40(21-26)32(42)36-29(17-23-5-6-24(33)18-28(23)35)31(41)39-13-9-22(10-14-39)27-8-7-25(34)19-30(27)43-16-15-38-11-3-4-12-38/h5-8,18-19,22,26,29H,3-4,9-17,20-21H2,1-2H3,(H,36,42)/t29-/m1/s1. The molecule has 2 aromatic rings. The zero-order valence-corrected chi connectivity index (χ0v) is 27.3. The van der Waals surface area contributed by atoms with Gasteiger partial charge >= 0.3 is 6.03 Å². The number of hydrogen-bond acceptors (Lipinski definition) is 5.